The van der Waals surface area contributed by atoms with Crippen molar-refractivity contribution in [3.05, 3.63) is 42.2 Å². The van der Waals surface area contributed by atoms with Crippen LogP contribution in [0.4, 0.5) is 0 Å². The van der Waals surface area contributed by atoms with Gasteiger partial charge < -0.3 is 15.0 Å². The molecule has 0 spiro atoms. The molecule has 6 heteroatoms. The lowest BCUT2D eigenvalue weighted by Crippen LogP contribution is -2.43. The van der Waals surface area contributed by atoms with Gasteiger partial charge in [0.1, 0.15) is 5.75 Å². The van der Waals surface area contributed by atoms with Gasteiger partial charge in [-0.15, -0.1) is 0 Å². The number of ether oxygens (including phenoxy) is 1. The Bertz CT molecular complexity index is 724. The van der Waals surface area contributed by atoms with Crippen molar-refractivity contribution in [2.24, 2.45) is 5.92 Å². The summed E-state index contributed by atoms with van der Waals surface area (Å²) >= 11 is 0. The van der Waals surface area contributed by atoms with Gasteiger partial charge in [0.15, 0.2) is 5.69 Å². The number of rotatable bonds is 6. The number of aromatic nitrogens is 2. The summed E-state index contributed by atoms with van der Waals surface area (Å²) in [5.41, 5.74) is 1.34. The van der Waals surface area contributed by atoms with Gasteiger partial charge in [-0.2, -0.15) is 5.10 Å². The summed E-state index contributed by atoms with van der Waals surface area (Å²) in [6.45, 7) is 7.38. The standard InChI is InChI=1S/C20H28N4O2/c1-15(2)23-11-4-5-16(14-23)13-21-20(25)19-10-12-24(22-19)17-6-8-18(26-3)9-7-17/h6-10,12,15-16H,4-5,11,13-14H2,1-3H3,(H,21,25). The molecule has 1 amide bonds. The quantitative estimate of drug-likeness (QED) is 0.865. The fraction of sp³-hybridized carbons (Fsp3) is 0.500. The summed E-state index contributed by atoms with van der Waals surface area (Å²) in [6, 6.07) is 9.89. The van der Waals surface area contributed by atoms with E-state index in [9.17, 15) is 4.79 Å². The van der Waals surface area contributed by atoms with Crippen molar-refractivity contribution in [1.82, 2.24) is 20.0 Å². The maximum absolute atomic E-state index is 12.4. The Morgan fingerprint density at radius 3 is 2.77 bits per heavy atom. The van der Waals surface area contributed by atoms with Crippen LogP contribution < -0.4 is 10.1 Å². The summed E-state index contributed by atoms with van der Waals surface area (Å²) in [5.74, 6) is 1.19. The zero-order valence-electron chi connectivity index (χ0n) is 15.8. The molecule has 3 rings (SSSR count). The van der Waals surface area contributed by atoms with E-state index < -0.39 is 0 Å². The molecule has 1 N–H and O–H groups in total. The molecule has 1 saturated heterocycles. The van der Waals surface area contributed by atoms with Gasteiger partial charge in [0.25, 0.3) is 5.91 Å². The third-order valence-corrected chi connectivity index (χ3v) is 4.99. The molecule has 1 atom stereocenters. The number of carbonyl (C=O) groups is 1. The highest BCUT2D eigenvalue weighted by molar-refractivity contribution is 5.92. The normalized spacial score (nSPS) is 18.1. The van der Waals surface area contributed by atoms with Crippen LogP contribution >= 0.6 is 0 Å². The molecule has 140 valence electrons. The van der Waals surface area contributed by atoms with Crippen molar-refractivity contribution in [2.45, 2.75) is 32.7 Å². The molecule has 1 unspecified atom stereocenters. The number of piperidine rings is 1. The lowest BCUT2D eigenvalue weighted by Gasteiger charge is -2.35. The molecule has 1 fully saturated rings. The first-order valence-electron chi connectivity index (χ1n) is 9.29. The predicted octanol–water partition coefficient (Wildman–Crippen LogP) is 2.73. The van der Waals surface area contributed by atoms with Crippen LogP contribution in [0.2, 0.25) is 0 Å². The lowest BCUT2D eigenvalue weighted by atomic mass is 9.97. The van der Waals surface area contributed by atoms with Gasteiger partial charge in [-0.25, -0.2) is 4.68 Å². The van der Waals surface area contributed by atoms with E-state index >= 15 is 0 Å². The van der Waals surface area contributed by atoms with Crippen LogP contribution in [0.3, 0.4) is 0 Å². The highest BCUT2D eigenvalue weighted by atomic mass is 16.5. The minimum atomic E-state index is -0.112. The summed E-state index contributed by atoms with van der Waals surface area (Å²) in [7, 11) is 1.64. The molecular weight excluding hydrogens is 328 g/mol. The second-order valence-electron chi connectivity index (χ2n) is 7.15. The highest BCUT2D eigenvalue weighted by Gasteiger charge is 2.22. The van der Waals surface area contributed by atoms with Crippen molar-refractivity contribution in [3.63, 3.8) is 0 Å². The van der Waals surface area contributed by atoms with Gasteiger partial charge >= 0.3 is 0 Å². The summed E-state index contributed by atoms with van der Waals surface area (Å²) in [5, 5.41) is 7.45. The van der Waals surface area contributed by atoms with Crippen LogP contribution in [-0.2, 0) is 0 Å². The Balaban J connectivity index is 1.56. The molecule has 1 aromatic carbocycles. The monoisotopic (exact) mass is 356 g/mol. The van der Waals surface area contributed by atoms with Crippen LogP contribution in [-0.4, -0.2) is 53.4 Å². The molecule has 2 heterocycles. The predicted molar refractivity (Wildman–Crippen MR) is 102 cm³/mol. The van der Waals surface area contributed by atoms with Crippen molar-refractivity contribution in [2.75, 3.05) is 26.7 Å². The molecule has 0 bridgehead atoms. The Labute approximate surface area is 155 Å². The number of carbonyl (C=O) groups excluding carboxylic acids is 1. The number of benzene rings is 1. The maximum atomic E-state index is 12.4. The average Bonchev–Trinajstić information content (AvgIpc) is 3.16. The lowest BCUT2D eigenvalue weighted by molar-refractivity contribution is 0.0917. The first kappa shape index (κ1) is 18.5. The van der Waals surface area contributed by atoms with E-state index in [1.807, 2.05) is 24.3 Å². The summed E-state index contributed by atoms with van der Waals surface area (Å²) in [4.78, 5) is 14.9. The van der Waals surface area contributed by atoms with Crippen LogP contribution in [0.1, 0.15) is 37.2 Å². The Hall–Kier alpha value is -2.34. The average molecular weight is 356 g/mol. The Kier molecular flexibility index (Phi) is 5.93. The van der Waals surface area contributed by atoms with Crippen molar-refractivity contribution >= 4 is 5.91 Å². The first-order chi connectivity index (χ1) is 12.6. The topological polar surface area (TPSA) is 59.4 Å². The van der Waals surface area contributed by atoms with Gasteiger partial charge in [-0.1, -0.05) is 0 Å². The second-order valence-corrected chi connectivity index (χ2v) is 7.15. The molecule has 0 aliphatic carbocycles. The van der Waals surface area contributed by atoms with E-state index in [-0.39, 0.29) is 5.91 Å². The smallest absolute Gasteiger partial charge is 0.271 e. The van der Waals surface area contributed by atoms with E-state index in [2.05, 4.69) is 29.2 Å². The molecular formula is C20H28N4O2. The van der Waals surface area contributed by atoms with Gasteiger partial charge in [0.2, 0.25) is 0 Å². The van der Waals surface area contributed by atoms with E-state index in [1.54, 1.807) is 24.1 Å². The van der Waals surface area contributed by atoms with E-state index in [0.29, 0.717) is 24.2 Å². The third kappa shape index (κ3) is 4.43. The Morgan fingerprint density at radius 1 is 1.31 bits per heavy atom. The molecule has 1 aliphatic rings. The minimum absolute atomic E-state index is 0.112. The number of nitrogens with zero attached hydrogens (tertiary/aromatic N) is 3. The third-order valence-electron chi connectivity index (χ3n) is 4.99. The molecule has 0 radical (unpaired) electrons. The van der Waals surface area contributed by atoms with Crippen LogP contribution in [0.15, 0.2) is 36.5 Å². The number of hydrogen-bond donors (Lipinski definition) is 1. The summed E-state index contributed by atoms with van der Waals surface area (Å²) < 4.78 is 6.87. The fourth-order valence-corrected chi connectivity index (χ4v) is 3.38. The molecule has 6 nitrogen and oxygen atoms in total. The van der Waals surface area contributed by atoms with Gasteiger partial charge in [-0.05, 0) is 69.5 Å². The molecule has 2 aromatic rings. The zero-order chi connectivity index (χ0) is 18.5. The number of hydrogen-bond acceptors (Lipinski definition) is 4. The van der Waals surface area contributed by atoms with E-state index in [4.69, 9.17) is 4.74 Å². The number of likely N-dealkylation sites (tertiary alicyclic amines) is 1. The van der Waals surface area contributed by atoms with E-state index in [1.165, 1.54) is 12.8 Å². The van der Waals surface area contributed by atoms with Crippen LogP contribution in [0.5, 0.6) is 5.75 Å². The SMILES string of the molecule is COc1ccc(-n2ccc(C(=O)NCC3CCCN(C(C)C)C3)n2)cc1. The van der Waals surface area contributed by atoms with Crippen molar-refractivity contribution in [3.8, 4) is 11.4 Å². The van der Waals surface area contributed by atoms with Gasteiger partial charge in [0, 0.05) is 25.3 Å². The van der Waals surface area contributed by atoms with Crippen molar-refractivity contribution in [1.29, 1.82) is 0 Å². The molecule has 0 saturated carbocycles. The van der Waals surface area contributed by atoms with E-state index in [0.717, 1.165) is 24.5 Å². The van der Waals surface area contributed by atoms with Gasteiger partial charge in [-0.3, -0.25) is 4.79 Å². The highest BCUT2D eigenvalue weighted by Crippen LogP contribution is 2.18. The molecule has 1 aliphatic heterocycles. The van der Waals surface area contributed by atoms with Gasteiger partial charge in [0.05, 0.1) is 12.8 Å². The zero-order valence-corrected chi connectivity index (χ0v) is 15.8. The first-order valence-corrected chi connectivity index (χ1v) is 9.29. The number of methoxy groups -OCH3 is 1. The van der Waals surface area contributed by atoms with Crippen LogP contribution in [0, 0.1) is 5.92 Å². The maximum Gasteiger partial charge on any atom is 0.271 e. The molecule has 26 heavy (non-hydrogen) atoms. The fourth-order valence-electron chi connectivity index (χ4n) is 3.38. The molecule has 1 aromatic heterocycles. The van der Waals surface area contributed by atoms with Crippen molar-refractivity contribution < 1.29 is 9.53 Å². The van der Waals surface area contributed by atoms with Crippen LogP contribution in [0.25, 0.3) is 5.69 Å². The summed E-state index contributed by atoms with van der Waals surface area (Å²) in [6.07, 6.45) is 4.17. The minimum Gasteiger partial charge on any atom is -0.497 e. The largest absolute Gasteiger partial charge is 0.497 e. The second kappa shape index (κ2) is 8.36. The number of amides is 1. The Morgan fingerprint density at radius 2 is 2.08 bits per heavy atom. The number of nitrogens with one attached hydrogen (secondary N) is 1.